The van der Waals surface area contributed by atoms with E-state index in [-0.39, 0.29) is 5.91 Å². The molecule has 1 amide bonds. The minimum absolute atomic E-state index is 0.0729. The summed E-state index contributed by atoms with van der Waals surface area (Å²) in [6, 6.07) is 15.6. The Bertz CT molecular complexity index is 644. The summed E-state index contributed by atoms with van der Waals surface area (Å²) in [5, 5.41) is 2.95. The van der Waals surface area contributed by atoms with Gasteiger partial charge in [-0.1, -0.05) is 12.1 Å². The van der Waals surface area contributed by atoms with Crippen LogP contribution in [0.25, 0.3) is 0 Å². The maximum atomic E-state index is 12.1. The van der Waals surface area contributed by atoms with E-state index in [1.165, 1.54) is 18.5 Å². The highest BCUT2D eigenvalue weighted by Gasteiger charge is 2.12. The van der Waals surface area contributed by atoms with Gasteiger partial charge in [-0.2, -0.15) is 0 Å². The van der Waals surface area contributed by atoms with E-state index in [4.69, 9.17) is 4.74 Å². The fourth-order valence-corrected chi connectivity index (χ4v) is 2.83. The van der Waals surface area contributed by atoms with Crippen LogP contribution < -0.4 is 15.0 Å². The summed E-state index contributed by atoms with van der Waals surface area (Å²) in [4.78, 5) is 14.5. The summed E-state index contributed by atoms with van der Waals surface area (Å²) in [7, 11) is 1.61. The second-order valence-electron chi connectivity index (χ2n) is 5.77. The maximum Gasteiger partial charge on any atom is 0.251 e. The van der Waals surface area contributed by atoms with Crippen molar-refractivity contribution in [3.05, 3.63) is 59.7 Å². The van der Waals surface area contributed by atoms with Crippen LogP contribution in [-0.2, 0) is 6.54 Å². The third kappa shape index (κ3) is 3.83. The lowest BCUT2D eigenvalue weighted by atomic mass is 10.1. The molecule has 23 heavy (non-hydrogen) atoms. The quantitative estimate of drug-likeness (QED) is 0.922. The molecule has 4 heteroatoms. The third-order valence-electron chi connectivity index (χ3n) is 4.21. The van der Waals surface area contributed by atoms with Crippen molar-refractivity contribution in [2.75, 3.05) is 25.1 Å². The molecule has 1 heterocycles. The zero-order valence-electron chi connectivity index (χ0n) is 13.4. The van der Waals surface area contributed by atoms with Gasteiger partial charge in [0.15, 0.2) is 0 Å². The second kappa shape index (κ2) is 7.18. The van der Waals surface area contributed by atoms with Crippen LogP contribution in [-0.4, -0.2) is 26.1 Å². The van der Waals surface area contributed by atoms with Gasteiger partial charge in [0.25, 0.3) is 5.91 Å². The lowest BCUT2D eigenvalue weighted by Gasteiger charge is -2.17. The van der Waals surface area contributed by atoms with Gasteiger partial charge in [0.05, 0.1) is 7.11 Å². The number of ether oxygens (including phenoxy) is 1. The normalized spacial score (nSPS) is 13.9. The number of carbonyl (C=O) groups excluding carboxylic acids is 1. The van der Waals surface area contributed by atoms with Crippen molar-refractivity contribution in [1.82, 2.24) is 5.32 Å². The molecular formula is C19H22N2O2. The number of rotatable bonds is 5. The predicted molar refractivity (Wildman–Crippen MR) is 92.1 cm³/mol. The summed E-state index contributed by atoms with van der Waals surface area (Å²) >= 11 is 0. The molecule has 0 atom stereocenters. The molecule has 0 unspecified atom stereocenters. The smallest absolute Gasteiger partial charge is 0.251 e. The number of hydrogen-bond donors (Lipinski definition) is 1. The van der Waals surface area contributed by atoms with Crippen LogP contribution in [0, 0.1) is 0 Å². The molecule has 1 N–H and O–H groups in total. The standard InChI is InChI=1S/C19H22N2O2/c1-23-18-10-6-16(7-11-18)19(22)20-14-15-4-8-17(9-5-15)21-12-2-3-13-21/h4-11H,2-3,12-14H2,1H3,(H,20,22). The minimum atomic E-state index is -0.0729. The Morgan fingerprint density at radius 2 is 1.70 bits per heavy atom. The van der Waals surface area contributed by atoms with E-state index in [0.29, 0.717) is 12.1 Å². The average Bonchev–Trinajstić information content (AvgIpc) is 3.15. The molecule has 2 aromatic carbocycles. The fraction of sp³-hybridized carbons (Fsp3) is 0.316. The highest BCUT2D eigenvalue weighted by atomic mass is 16.5. The first-order chi connectivity index (χ1) is 11.3. The van der Waals surface area contributed by atoms with Crippen molar-refractivity contribution in [2.24, 2.45) is 0 Å². The predicted octanol–water partition coefficient (Wildman–Crippen LogP) is 3.23. The molecule has 4 nitrogen and oxygen atoms in total. The van der Waals surface area contributed by atoms with Gasteiger partial charge in [-0.15, -0.1) is 0 Å². The summed E-state index contributed by atoms with van der Waals surface area (Å²) in [5.74, 6) is 0.676. The first kappa shape index (κ1) is 15.4. The molecule has 0 radical (unpaired) electrons. The Labute approximate surface area is 137 Å². The Balaban J connectivity index is 1.55. The molecule has 2 aromatic rings. The summed E-state index contributed by atoms with van der Waals surface area (Å²) in [6.07, 6.45) is 2.55. The Kier molecular flexibility index (Phi) is 4.81. The summed E-state index contributed by atoms with van der Waals surface area (Å²) in [6.45, 7) is 2.83. The van der Waals surface area contributed by atoms with Crippen LogP contribution in [0.5, 0.6) is 5.75 Å². The molecule has 0 saturated carbocycles. The van der Waals surface area contributed by atoms with Crippen molar-refractivity contribution in [1.29, 1.82) is 0 Å². The van der Waals surface area contributed by atoms with Crippen LogP contribution in [0.2, 0.25) is 0 Å². The van der Waals surface area contributed by atoms with Gasteiger partial charge < -0.3 is 15.0 Å². The van der Waals surface area contributed by atoms with Crippen LogP contribution in [0.4, 0.5) is 5.69 Å². The Morgan fingerprint density at radius 3 is 2.30 bits per heavy atom. The topological polar surface area (TPSA) is 41.6 Å². The summed E-state index contributed by atoms with van der Waals surface area (Å²) in [5.41, 5.74) is 3.02. The van der Waals surface area contributed by atoms with Gasteiger partial charge in [0, 0.05) is 30.9 Å². The van der Waals surface area contributed by atoms with Gasteiger partial charge in [-0.3, -0.25) is 4.79 Å². The first-order valence-corrected chi connectivity index (χ1v) is 8.02. The van der Waals surface area contributed by atoms with Crippen LogP contribution in [0.1, 0.15) is 28.8 Å². The molecule has 1 aliphatic heterocycles. The molecule has 1 saturated heterocycles. The number of benzene rings is 2. The lowest BCUT2D eigenvalue weighted by molar-refractivity contribution is 0.0951. The van der Waals surface area contributed by atoms with E-state index >= 15 is 0 Å². The second-order valence-corrected chi connectivity index (χ2v) is 5.77. The van der Waals surface area contributed by atoms with Crippen molar-refractivity contribution in [3.8, 4) is 5.75 Å². The van der Waals surface area contributed by atoms with Crippen molar-refractivity contribution >= 4 is 11.6 Å². The first-order valence-electron chi connectivity index (χ1n) is 8.02. The fourth-order valence-electron chi connectivity index (χ4n) is 2.83. The van der Waals surface area contributed by atoms with E-state index in [2.05, 4.69) is 34.5 Å². The van der Waals surface area contributed by atoms with Gasteiger partial charge in [0.2, 0.25) is 0 Å². The summed E-state index contributed by atoms with van der Waals surface area (Å²) < 4.78 is 5.10. The van der Waals surface area contributed by atoms with Gasteiger partial charge >= 0.3 is 0 Å². The third-order valence-corrected chi connectivity index (χ3v) is 4.21. The molecule has 1 aliphatic rings. The number of nitrogens with zero attached hydrogens (tertiary/aromatic N) is 1. The van der Waals surface area contributed by atoms with E-state index in [9.17, 15) is 4.79 Å². The molecule has 3 rings (SSSR count). The highest BCUT2D eigenvalue weighted by molar-refractivity contribution is 5.94. The Hall–Kier alpha value is -2.49. The maximum absolute atomic E-state index is 12.1. The number of carbonyl (C=O) groups is 1. The molecule has 1 fully saturated rings. The highest BCUT2D eigenvalue weighted by Crippen LogP contribution is 2.20. The molecule has 0 aliphatic carbocycles. The number of methoxy groups -OCH3 is 1. The number of anilines is 1. The largest absolute Gasteiger partial charge is 0.497 e. The van der Waals surface area contributed by atoms with Crippen molar-refractivity contribution in [2.45, 2.75) is 19.4 Å². The van der Waals surface area contributed by atoms with Crippen LogP contribution in [0.15, 0.2) is 48.5 Å². The zero-order chi connectivity index (χ0) is 16.1. The molecule has 0 bridgehead atoms. The van der Waals surface area contributed by atoms with Crippen molar-refractivity contribution in [3.63, 3.8) is 0 Å². The van der Waals surface area contributed by atoms with Gasteiger partial charge in [0.1, 0.15) is 5.75 Å². The SMILES string of the molecule is COc1ccc(C(=O)NCc2ccc(N3CCCC3)cc2)cc1. The number of amides is 1. The van der Waals surface area contributed by atoms with Gasteiger partial charge in [-0.25, -0.2) is 0 Å². The number of nitrogens with one attached hydrogen (secondary N) is 1. The zero-order valence-corrected chi connectivity index (χ0v) is 13.4. The van der Waals surface area contributed by atoms with Crippen LogP contribution in [0.3, 0.4) is 0 Å². The van der Waals surface area contributed by atoms with E-state index < -0.39 is 0 Å². The molecule has 0 spiro atoms. The average molecular weight is 310 g/mol. The van der Waals surface area contributed by atoms with E-state index in [1.807, 2.05) is 0 Å². The van der Waals surface area contributed by atoms with Gasteiger partial charge in [-0.05, 0) is 54.8 Å². The van der Waals surface area contributed by atoms with Crippen molar-refractivity contribution < 1.29 is 9.53 Å². The van der Waals surface area contributed by atoms with E-state index in [0.717, 1.165) is 24.4 Å². The lowest BCUT2D eigenvalue weighted by Crippen LogP contribution is -2.22. The molecule has 120 valence electrons. The van der Waals surface area contributed by atoms with Crippen LogP contribution >= 0.6 is 0 Å². The van der Waals surface area contributed by atoms with E-state index in [1.54, 1.807) is 31.4 Å². The molecule has 0 aromatic heterocycles. The molecular weight excluding hydrogens is 288 g/mol. The Morgan fingerprint density at radius 1 is 1.04 bits per heavy atom. The minimum Gasteiger partial charge on any atom is -0.497 e. The monoisotopic (exact) mass is 310 g/mol. The number of hydrogen-bond acceptors (Lipinski definition) is 3.